The first kappa shape index (κ1) is 18.1. The highest BCUT2D eigenvalue weighted by atomic mass is 16.5. The summed E-state index contributed by atoms with van der Waals surface area (Å²) >= 11 is 0. The average molecular weight is 353 g/mol. The maximum absolute atomic E-state index is 12.7. The van der Waals surface area contributed by atoms with Crippen molar-refractivity contribution in [1.82, 2.24) is 4.57 Å². The van der Waals surface area contributed by atoms with Gasteiger partial charge in [-0.2, -0.15) is 0 Å². The molecule has 0 radical (unpaired) electrons. The number of carbonyl (C=O) groups excluding carboxylic acids is 1. The highest BCUT2D eigenvalue weighted by molar-refractivity contribution is 5.93. The number of aromatic nitrogens is 1. The summed E-state index contributed by atoms with van der Waals surface area (Å²) in [6, 6.07) is 14.7. The topological polar surface area (TPSA) is 68.5 Å². The largest absolute Gasteiger partial charge is 0.463 e. The Labute approximate surface area is 151 Å². The van der Waals surface area contributed by atoms with Crippen molar-refractivity contribution < 1.29 is 14.6 Å². The molecule has 2 aromatic carbocycles. The zero-order chi connectivity index (χ0) is 18.7. The van der Waals surface area contributed by atoms with Crippen LogP contribution < -0.4 is 5.43 Å². The molecule has 26 heavy (non-hydrogen) atoms. The molecule has 2 unspecified atom stereocenters. The number of carbonyl (C=O) groups is 1. The first-order valence-corrected chi connectivity index (χ1v) is 8.88. The van der Waals surface area contributed by atoms with Gasteiger partial charge in [-0.25, -0.2) is 0 Å². The number of pyridine rings is 1. The highest BCUT2D eigenvalue weighted by Crippen LogP contribution is 2.19. The van der Waals surface area contributed by atoms with E-state index in [1.807, 2.05) is 47.9 Å². The zero-order valence-corrected chi connectivity index (χ0v) is 15.0. The number of aliphatic hydroxyl groups is 1. The van der Waals surface area contributed by atoms with E-state index in [0.29, 0.717) is 17.2 Å². The number of fused-ring (bicyclic) bond motifs is 2. The third-order valence-corrected chi connectivity index (χ3v) is 4.70. The summed E-state index contributed by atoms with van der Waals surface area (Å²) in [7, 11) is 0. The fraction of sp³-hybridized carbons (Fsp3) is 0.333. The minimum absolute atomic E-state index is 0.0230. The molecular weight excluding hydrogens is 330 g/mol. The van der Waals surface area contributed by atoms with Crippen molar-refractivity contribution in [3.05, 3.63) is 58.8 Å². The van der Waals surface area contributed by atoms with Gasteiger partial charge in [-0.1, -0.05) is 38.1 Å². The molecule has 5 heteroatoms. The SMILES string of the molecule is CCC(C)C(=O)OCC(O)Cn1c2ccccc2c(=O)c2ccccc21. The van der Waals surface area contributed by atoms with Crippen molar-refractivity contribution >= 4 is 27.8 Å². The number of benzene rings is 2. The molecule has 0 saturated heterocycles. The molecule has 1 heterocycles. The van der Waals surface area contributed by atoms with Gasteiger partial charge in [0.15, 0.2) is 5.43 Å². The molecule has 3 rings (SSSR count). The first-order chi connectivity index (χ1) is 12.5. The molecule has 0 bridgehead atoms. The molecule has 1 aromatic heterocycles. The molecule has 0 spiro atoms. The van der Waals surface area contributed by atoms with Crippen LogP contribution in [0, 0.1) is 5.92 Å². The number of hydrogen-bond donors (Lipinski definition) is 1. The summed E-state index contributed by atoms with van der Waals surface area (Å²) < 4.78 is 7.12. The summed E-state index contributed by atoms with van der Waals surface area (Å²) in [6.07, 6.45) is -0.165. The van der Waals surface area contributed by atoms with Crippen molar-refractivity contribution in [2.24, 2.45) is 5.92 Å². The quantitative estimate of drug-likeness (QED) is 0.546. The second-order valence-electron chi connectivity index (χ2n) is 6.57. The van der Waals surface area contributed by atoms with Crippen LogP contribution in [0.15, 0.2) is 53.3 Å². The summed E-state index contributed by atoms with van der Waals surface area (Å²) in [5.41, 5.74) is 1.48. The van der Waals surface area contributed by atoms with E-state index in [0.717, 1.165) is 11.0 Å². The van der Waals surface area contributed by atoms with Gasteiger partial charge in [0.2, 0.25) is 0 Å². The highest BCUT2D eigenvalue weighted by Gasteiger charge is 2.17. The van der Waals surface area contributed by atoms with Crippen LogP contribution in [0.2, 0.25) is 0 Å². The average Bonchev–Trinajstić information content (AvgIpc) is 2.68. The van der Waals surface area contributed by atoms with E-state index in [1.54, 1.807) is 19.1 Å². The summed E-state index contributed by atoms with van der Waals surface area (Å²) in [5, 5.41) is 11.6. The third-order valence-electron chi connectivity index (χ3n) is 4.70. The first-order valence-electron chi connectivity index (χ1n) is 8.88. The Balaban J connectivity index is 1.95. The lowest BCUT2D eigenvalue weighted by molar-refractivity contribution is -0.151. The second kappa shape index (κ2) is 7.70. The molecule has 1 N–H and O–H groups in total. The lowest BCUT2D eigenvalue weighted by Gasteiger charge is -2.19. The minimum atomic E-state index is -0.864. The van der Waals surface area contributed by atoms with E-state index in [9.17, 15) is 14.7 Å². The van der Waals surface area contributed by atoms with Gasteiger partial charge in [-0.15, -0.1) is 0 Å². The molecular formula is C21H23NO4. The van der Waals surface area contributed by atoms with Gasteiger partial charge in [0.25, 0.3) is 0 Å². The molecule has 5 nitrogen and oxygen atoms in total. The molecule has 0 saturated carbocycles. The maximum Gasteiger partial charge on any atom is 0.308 e. The molecule has 2 atom stereocenters. The monoisotopic (exact) mass is 353 g/mol. The number of nitrogens with zero attached hydrogens (tertiary/aromatic N) is 1. The predicted molar refractivity (Wildman–Crippen MR) is 102 cm³/mol. The van der Waals surface area contributed by atoms with Gasteiger partial charge < -0.3 is 14.4 Å². The Morgan fingerprint density at radius 3 is 2.15 bits per heavy atom. The smallest absolute Gasteiger partial charge is 0.308 e. The van der Waals surface area contributed by atoms with Gasteiger partial charge in [-0.3, -0.25) is 9.59 Å². The van der Waals surface area contributed by atoms with Crippen molar-refractivity contribution in [3.63, 3.8) is 0 Å². The fourth-order valence-corrected chi connectivity index (χ4v) is 3.02. The molecule has 0 aliphatic carbocycles. The van der Waals surface area contributed by atoms with Crippen LogP contribution in [0.1, 0.15) is 20.3 Å². The molecule has 0 aliphatic rings. The van der Waals surface area contributed by atoms with Crippen molar-refractivity contribution in [2.75, 3.05) is 6.61 Å². The Bertz CT molecular complexity index is 932. The number of rotatable bonds is 6. The van der Waals surface area contributed by atoms with Crippen LogP contribution in [0.5, 0.6) is 0 Å². The Kier molecular flexibility index (Phi) is 5.38. The lowest BCUT2D eigenvalue weighted by atomic mass is 10.1. The van der Waals surface area contributed by atoms with Gasteiger partial charge in [-0.05, 0) is 30.7 Å². The normalized spacial score (nSPS) is 13.7. The van der Waals surface area contributed by atoms with Crippen LogP contribution in [0.3, 0.4) is 0 Å². The van der Waals surface area contributed by atoms with Gasteiger partial charge in [0.05, 0.1) is 23.5 Å². The number of hydrogen-bond acceptors (Lipinski definition) is 4. The Morgan fingerprint density at radius 1 is 1.08 bits per heavy atom. The zero-order valence-electron chi connectivity index (χ0n) is 15.0. The lowest BCUT2D eigenvalue weighted by Crippen LogP contribution is -2.27. The van der Waals surface area contributed by atoms with Crippen LogP contribution in [-0.2, 0) is 16.1 Å². The van der Waals surface area contributed by atoms with Crippen LogP contribution in [-0.4, -0.2) is 28.4 Å². The van der Waals surface area contributed by atoms with E-state index in [-0.39, 0.29) is 30.5 Å². The van der Waals surface area contributed by atoms with Crippen molar-refractivity contribution in [3.8, 4) is 0 Å². The van der Waals surface area contributed by atoms with Crippen molar-refractivity contribution in [2.45, 2.75) is 32.9 Å². The summed E-state index contributed by atoms with van der Waals surface area (Å²) in [6.45, 7) is 3.88. The number of ether oxygens (including phenoxy) is 1. The summed E-state index contributed by atoms with van der Waals surface area (Å²) in [4.78, 5) is 24.5. The molecule has 0 amide bonds. The number of para-hydroxylation sites is 2. The van der Waals surface area contributed by atoms with E-state index in [4.69, 9.17) is 4.74 Å². The van der Waals surface area contributed by atoms with Gasteiger partial charge >= 0.3 is 5.97 Å². The second-order valence-corrected chi connectivity index (χ2v) is 6.57. The maximum atomic E-state index is 12.7. The van der Waals surface area contributed by atoms with E-state index in [1.165, 1.54) is 0 Å². The standard InChI is InChI=1S/C21H23NO4/c1-3-14(2)21(25)26-13-15(23)12-22-18-10-6-4-8-16(18)20(24)17-9-5-7-11-19(17)22/h4-11,14-15,23H,3,12-13H2,1-2H3. The summed E-state index contributed by atoms with van der Waals surface area (Å²) in [5.74, 6) is -0.488. The molecule has 136 valence electrons. The number of aliphatic hydroxyl groups excluding tert-OH is 1. The van der Waals surface area contributed by atoms with Crippen molar-refractivity contribution in [1.29, 1.82) is 0 Å². The Hall–Kier alpha value is -2.66. The fourth-order valence-electron chi connectivity index (χ4n) is 3.02. The Morgan fingerprint density at radius 2 is 1.62 bits per heavy atom. The predicted octanol–water partition coefficient (Wildman–Crippen LogP) is 3.10. The van der Waals surface area contributed by atoms with Gasteiger partial charge in [0.1, 0.15) is 12.7 Å². The van der Waals surface area contributed by atoms with Crippen LogP contribution >= 0.6 is 0 Å². The van der Waals surface area contributed by atoms with Gasteiger partial charge in [0, 0.05) is 10.8 Å². The minimum Gasteiger partial charge on any atom is -0.463 e. The van der Waals surface area contributed by atoms with E-state index in [2.05, 4.69) is 0 Å². The van der Waals surface area contributed by atoms with Crippen LogP contribution in [0.4, 0.5) is 0 Å². The molecule has 0 fully saturated rings. The number of esters is 1. The molecule has 3 aromatic rings. The van der Waals surface area contributed by atoms with E-state index < -0.39 is 6.10 Å². The van der Waals surface area contributed by atoms with E-state index >= 15 is 0 Å². The van der Waals surface area contributed by atoms with Crippen LogP contribution in [0.25, 0.3) is 21.8 Å². The molecule has 0 aliphatic heterocycles. The third kappa shape index (κ3) is 3.48.